The fourth-order valence-electron chi connectivity index (χ4n) is 5.22. The van der Waals surface area contributed by atoms with Crippen LogP contribution in [0.1, 0.15) is 31.0 Å². The summed E-state index contributed by atoms with van der Waals surface area (Å²) in [6, 6.07) is 3.48. The van der Waals surface area contributed by atoms with Crippen LogP contribution in [0.4, 0.5) is 17.5 Å². The second-order valence-electron chi connectivity index (χ2n) is 11.4. The molecule has 0 spiro atoms. The Balaban J connectivity index is 1.53. The Morgan fingerprint density at radius 1 is 1.31 bits per heavy atom. The van der Waals surface area contributed by atoms with E-state index in [2.05, 4.69) is 47.9 Å². The molecule has 0 amide bonds. The first-order chi connectivity index (χ1) is 16.6. The van der Waals surface area contributed by atoms with E-state index in [1.807, 2.05) is 29.4 Å². The Labute approximate surface area is 208 Å². The molecule has 3 aromatic heterocycles. The van der Waals surface area contributed by atoms with Gasteiger partial charge >= 0.3 is 0 Å². The van der Waals surface area contributed by atoms with Crippen molar-refractivity contribution in [3.8, 4) is 6.07 Å². The molecule has 1 N–H and O–H groups in total. The molecule has 35 heavy (non-hydrogen) atoms. The first-order valence-corrected chi connectivity index (χ1v) is 16.2. The van der Waals surface area contributed by atoms with Crippen molar-refractivity contribution in [2.45, 2.75) is 59.1 Å². The Morgan fingerprint density at radius 2 is 2.11 bits per heavy atom. The fraction of sp³-hybridized carbons (Fsp3) is 0.600. The molecule has 3 aromatic rings. The van der Waals surface area contributed by atoms with Crippen LogP contribution >= 0.6 is 0 Å². The van der Waals surface area contributed by atoms with Crippen LogP contribution in [0.25, 0.3) is 11.0 Å². The highest BCUT2D eigenvalue weighted by Crippen LogP contribution is 2.60. The molecule has 4 heterocycles. The summed E-state index contributed by atoms with van der Waals surface area (Å²) in [5.74, 6) is 2.07. The monoisotopic (exact) mass is 492 g/mol. The number of hydrogen-bond donors (Lipinski definition) is 1. The van der Waals surface area contributed by atoms with Crippen molar-refractivity contribution in [3.63, 3.8) is 0 Å². The molecule has 2 fully saturated rings. The number of ether oxygens (including phenoxy) is 1. The predicted octanol–water partition coefficient (Wildman–Crippen LogP) is 4.64. The molecule has 1 aliphatic heterocycles. The zero-order valence-corrected chi connectivity index (χ0v) is 22.7. The number of piperidine rings is 1. The third-order valence-electron chi connectivity index (χ3n) is 7.84. The van der Waals surface area contributed by atoms with Gasteiger partial charge in [0.25, 0.3) is 0 Å². The Bertz CT molecular complexity index is 1300. The number of rotatable bonds is 9. The van der Waals surface area contributed by atoms with Crippen LogP contribution < -0.4 is 10.2 Å². The number of fused-ring (bicyclic) bond motifs is 2. The van der Waals surface area contributed by atoms with Gasteiger partial charge in [0.1, 0.15) is 18.6 Å². The van der Waals surface area contributed by atoms with E-state index in [1.54, 1.807) is 6.20 Å². The summed E-state index contributed by atoms with van der Waals surface area (Å²) in [4.78, 5) is 12.2. The molecule has 1 saturated heterocycles. The normalized spacial score (nSPS) is 21.4. The minimum Gasteiger partial charge on any atom is -0.361 e. The maximum absolute atomic E-state index is 10.00. The van der Waals surface area contributed by atoms with Crippen LogP contribution in [0.5, 0.6) is 0 Å². The molecule has 1 aliphatic carbocycles. The van der Waals surface area contributed by atoms with Gasteiger partial charge in [-0.15, -0.1) is 0 Å². The number of hydrogen-bond acceptors (Lipinski definition) is 7. The van der Waals surface area contributed by atoms with Gasteiger partial charge < -0.3 is 19.5 Å². The van der Waals surface area contributed by atoms with Gasteiger partial charge in [0.2, 0.25) is 5.95 Å². The standard InChI is InChI=1S/C25H36N8OSi/c1-7-25-10-19(25)14-32(15-25)22-21-18(11-26)13-33(16-34-8-9-35(4,5)6)23(21)30-24(29-22)28-20-12-27-31(3)17(20)2/h12-13,19H,7-10,14-16H2,1-6H3,(H,28,29,30). The van der Waals surface area contributed by atoms with Gasteiger partial charge in [-0.2, -0.15) is 20.3 Å². The summed E-state index contributed by atoms with van der Waals surface area (Å²) in [6.07, 6.45) is 6.13. The highest BCUT2D eigenvalue weighted by molar-refractivity contribution is 6.76. The van der Waals surface area contributed by atoms with E-state index in [0.29, 0.717) is 36.2 Å². The lowest BCUT2D eigenvalue weighted by Crippen LogP contribution is -2.26. The van der Waals surface area contributed by atoms with Crippen molar-refractivity contribution in [2.75, 3.05) is 29.9 Å². The van der Waals surface area contributed by atoms with E-state index in [9.17, 15) is 5.26 Å². The fourth-order valence-corrected chi connectivity index (χ4v) is 5.98. The van der Waals surface area contributed by atoms with Gasteiger partial charge in [0, 0.05) is 41.0 Å². The average Bonchev–Trinajstić information content (AvgIpc) is 3.06. The quantitative estimate of drug-likeness (QED) is 0.343. The van der Waals surface area contributed by atoms with E-state index in [1.165, 1.54) is 12.8 Å². The molecular weight excluding hydrogens is 456 g/mol. The van der Waals surface area contributed by atoms with Crippen LogP contribution in [0.2, 0.25) is 25.7 Å². The van der Waals surface area contributed by atoms with Crippen LogP contribution in [0, 0.1) is 29.6 Å². The zero-order valence-electron chi connectivity index (χ0n) is 21.7. The number of aromatic nitrogens is 5. The summed E-state index contributed by atoms with van der Waals surface area (Å²) >= 11 is 0. The van der Waals surface area contributed by atoms with Gasteiger partial charge in [-0.1, -0.05) is 26.6 Å². The zero-order chi connectivity index (χ0) is 25.0. The number of nitrogens with zero attached hydrogens (tertiary/aromatic N) is 7. The number of anilines is 3. The highest BCUT2D eigenvalue weighted by atomic mass is 28.3. The molecule has 2 atom stereocenters. The second kappa shape index (κ2) is 8.64. The molecule has 5 rings (SSSR count). The molecule has 0 aromatic carbocycles. The smallest absolute Gasteiger partial charge is 0.231 e. The average molecular weight is 493 g/mol. The van der Waals surface area contributed by atoms with Crippen LogP contribution in [-0.4, -0.2) is 52.1 Å². The summed E-state index contributed by atoms with van der Waals surface area (Å²) in [7, 11) is 0.732. The summed E-state index contributed by atoms with van der Waals surface area (Å²) < 4.78 is 9.82. The molecule has 0 radical (unpaired) electrons. The van der Waals surface area contributed by atoms with Gasteiger partial charge in [0.15, 0.2) is 5.65 Å². The summed E-state index contributed by atoms with van der Waals surface area (Å²) in [5, 5.41) is 18.5. The first kappa shape index (κ1) is 23.8. The lowest BCUT2D eigenvalue weighted by molar-refractivity contribution is 0.0898. The second-order valence-corrected chi connectivity index (χ2v) is 17.1. The third kappa shape index (κ3) is 4.43. The first-order valence-electron chi connectivity index (χ1n) is 12.5. The summed E-state index contributed by atoms with van der Waals surface area (Å²) in [6.45, 7) is 14.4. The molecule has 186 valence electrons. The lowest BCUT2D eigenvalue weighted by atomic mass is 10.0. The number of nitrogens with one attached hydrogen (secondary N) is 1. The van der Waals surface area contributed by atoms with Crippen molar-refractivity contribution < 1.29 is 4.74 Å². The topological polar surface area (TPSA) is 96.8 Å². The maximum atomic E-state index is 10.00. The summed E-state index contributed by atoms with van der Waals surface area (Å²) in [5.41, 5.74) is 3.61. The number of aryl methyl sites for hydroxylation is 1. The van der Waals surface area contributed by atoms with Crippen LogP contribution in [-0.2, 0) is 18.5 Å². The lowest BCUT2D eigenvalue weighted by Gasteiger charge is -2.23. The highest BCUT2D eigenvalue weighted by Gasteiger charge is 2.58. The Kier molecular flexibility index (Phi) is 5.88. The van der Waals surface area contributed by atoms with Crippen molar-refractivity contribution in [2.24, 2.45) is 18.4 Å². The van der Waals surface area contributed by atoms with Crippen molar-refractivity contribution in [1.29, 1.82) is 5.26 Å². The van der Waals surface area contributed by atoms with Crippen molar-refractivity contribution in [3.05, 3.63) is 23.7 Å². The van der Waals surface area contributed by atoms with Crippen LogP contribution in [0.15, 0.2) is 12.4 Å². The van der Waals surface area contributed by atoms with Gasteiger partial charge in [-0.25, -0.2) is 0 Å². The van der Waals surface area contributed by atoms with Crippen molar-refractivity contribution >= 4 is 36.6 Å². The molecular formula is C25H36N8OSi. The van der Waals surface area contributed by atoms with Crippen LogP contribution in [0.3, 0.4) is 0 Å². The molecule has 9 nitrogen and oxygen atoms in total. The third-order valence-corrected chi connectivity index (χ3v) is 9.54. The van der Waals surface area contributed by atoms with E-state index in [0.717, 1.165) is 47.4 Å². The Hall–Kier alpha value is -2.90. The predicted molar refractivity (Wildman–Crippen MR) is 141 cm³/mol. The molecule has 10 heteroatoms. The molecule has 2 aliphatic rings. The van der Waals surface area contributed by atoms with Gasteiger partial charge in [-0.05, 0) is 37.1 Å². The maximum Gasteiger partial charge on any atom is 0.231 e. The van der Waals surface area contributed by atoms with Gasteiger partial charge in [0.05, 0.1) is 28.5 Å². The largest absolute Gasteiger partial charge is 0.361 e. The molecule has 0 bridgehead atoms. The molecule has 2 unspecified atom stereocenters. The van der Waals surface area contributed by atoms with E-state index in [-0.39, 0.29) is 0 Å². The van der Waals surface area contributed by atoms with Gasteiger partial charge in [-0.3, -0.25) is 4.68 Å². The van der Waals surface area contributed by atoms with E-state index >= 15 is 0 Å². The number of nitriles is 1. The van der Waals surface area contributed by atoms with Crippen molar-refractivity contribution in [1.82, 2.24) is 24.3 Å². The van der Waals surface area contributed by atoms with E-state index < -0.39 is 8.07 Å². The molecule has 1 saturated carbocycles. The minimum atomic E-state index is -1.18. The Morgan fingerprint density at radius 3 is 2.74 bits per heavy atom. The minimum absolute atomic E-state index is 0.367. The van der Waals surface area contributed by atoms with E-state index in [4.69, 9.17) is 14.7 Å². The SMILES string of the molecule is CCC12CC1CN(c1nc(Nc3cnn(C)c3C)nc3c1c(C#N)cn3COCC[Si](C)(C)C)C2.